The summed E-state index contributed by atoms with van der Waals surface area (Å²) in [5, 5.41) is 1.87. The van der Waals surface area contributed by atoms with E-state index in [-0.39, 0.29) is 23.7 Å². The van der Waals surface area contributed by atoms with Crippen LogP contribution in [0.15, 0.2) is 0 Å². The number of carbonyl (C=O) groups excluding carboxylic acids is 5. The number of hydrogen-bond donors (Lipinski definition) is 2. The van der Waals surface area contributed by atoms with Gasteiger partial charge in [0.05, 0.1) is 11.8 Å². The largest absolute Gasteiger partial charge is 0.450 e. The number of primary amides is 1. The highest BCUT2D eigenvalue weighted by molar-refractivity contribution is 6.08. The number of urea groups is 1. The number of ether oxygens (including phenoxy) is 1. The Morgan fingerprint density at radius 1 is 1.08 bits per heavy atom. The highest BCUT2D eigenvalue weighted by Crippen LogP contribution is 2.39. The summed E-state index contributed by atoms with van der Waals surface area (Å²) in [7, 11) is 0. The highest BCUT2D eigenvalue weighted by Gasteiger charge is 2.51. The van der Waals surface area contributed by atoms with E-state index in [1.54, 1.807) is 13.8 Å². The van der Waals surface area contributed by atoms with E-state index in [1.807, 2.05) is 5.32 Å². The molecule has 0 aromatic heterocycles. The van der Waals surface area contributed by atoms with E-state index in [0.29, 0.717) is 12.8 Å². The normalized spacial score (nSPS) is 24.8. The molecule has 0 radical (unpaired) electrons. The topological polar surface area (TPSA) is 136 Å². The average Bonchev–Trinajstić information content (AvgIpc) is 2.82. The first-order chi connectivity index (χ1) is 12.1. The van der Waals surface area contributed by atoms with E-state index in [0.717, 1.165) is 17.7 Å². The third kappa shape index (κ3) is 3.86. The zero-order valence-electron chi connectivity index (χ0n) is 15.2. The zero-order valence-corrected chi connectivity index (χ0v) is 15.2. The number of nitrogens with one attached hydrogen (secondary N) is 1. The van der Waals surface area contributed by atoms with Gasteiger partial charge in [0, 0.05) is 0 Å². The summed E-state index contributed by atoms with van der Waals surface area (Å²) in [6, 6.07) is -2.19. The fourth-order valence-corrected chi connectivity index (χ4v) is 3.58. The van der Waals surface area contributed by atoms with Crippen molar-refractivity contribution in [2.45, 2.75) is 58.6 Å². The van der Waals surface area contributed by atoms with Crippen molar-refractivity contribution in [2.75, 3.05) is 0 Å². The van der Waals surface area contributed by atoms with Crippen LogP contribution in [0.25, 0.3) is 0 Å². The number of nitrogens with zero attached hydrogens (tertiary/aromatic N) is 1. The Morgan fingerprint density at radius 3 is 2.00 bits per heavy atom. The number of fused-ring (bicyclic) bond motifs is 1. The van der Waals surface area contributed by atoms with Crippen molar-refractivity contribution in [3.8, 4) is 0 Å². The minimum atomic E-state index is -1.26. The van der Waals surface area contributed by atoms with Crippen molar-refractivity contribution in [1.82, 2.24) is 10.2 Å². The van der Waals surface area contributed by atoms with Crippen LogP contribution in [-0.2, 0) is 23.9 Å². The molecular weight excluding hydrogens is 342 g/mol. The maximum absolute atomic E-state index is 12.6. The SMILES string of the molecule is CC(C)[C@@H](OC(=O)[C@H](C)N1C(=O)[C@H]2CCCC[C@@H]2C1=O)C(=O)NC(N)=O. The molecule has 0 bridgehead atoms. The van der Waals surface area contributed by atoms with Crippen molar-refractivity contribution in [2.24, 2.45) is 23.5 Å². The van der Waals surface area contributed by atoms with Crippen LogP contribution in [0.4, 0.5) is 4.79 Å². The molecule has 2 fully saturated rings. The summed E-state index contributed by atoms with van der Waals surface area (Å²) in [5.41, 5.74) is 4.92. The molecule has 9 nitrogen and oxygen atoms in total. The monoisotopic (exact) mass is 367 g/mol. The smallest absolute Gasteiger partial charge is 0.329 e. The molecule has 1 saturated heterocycles. The van der Waals surface area contributed by atoms with Crippen LogP contribution in [0.1, 0.15) is 46.5 Å². The predicted octanol–water partition coefficient (Wildman–Crippen LogP) is 0.313. The molecule has 3 N–H and O–H groups in total. The Balaban J connectivity index is 2.10. The first kappa shape index (κ1) is 19.9. The molecule has 1 aliphatic heterocycles. The van der Waals surface area contributed by atoms with Gasteiger partial charge < -0.3 is 10.5 Å². The third-order valence-electron chi connectivity index (χ3n) is 4.96. The van der Waals surface area contributed by atoms with Gasteiger partial charge in [-0.15, -0.1) is 0 Å². The van der Waals surface area contributed by atoms with Crippen molar-refractivity contribution < 1.29 is 28.7 Å². The second-order valence-corrected chi connectivity index (χ2v) is 7.17. The number of amides is 5. The first-order valence-electron chi connectivity index (χ1n) is 8.82. The molecule has 26 heavy (non-hydrogen) atoms. The maximum atomic E-state index is 12.6. The molecule has 0 spiro atoms. The summed E-state index contributed by atoms with van der Waals surface area (Å²) in [4.78, 5) is 61.4. The van der Waals surface area contributed by atoms with E-state index in [1.165, 1.54) is 6.92 Å². The number of imide groups is 2. The predicted molar refractivity (Wildman–Crippen MR) is 89.2 cm³/mol. The van der Waals surface area contributed by atoms with Gasteiger partial charge in [-0.3, -0.25) is 24.6 Å². The highest BCUT2D eigenvalue weighted by atomic mass is 16.6. The van der Waals surface area contributed by atoms with Crippen LogP contribution in [0.2, 0.25) is 0 Å². The van der Waals surface area contributed by atoms with Crippen LogP contribution in [0, 0.1) is 17.8 Å². The lowest BCUT2D eigenvalue weighted by atomic mass is 9.81. The van der Waals surface area contributed by atoms with Gasteiger partial charge >= 0.3 is 12.0 Å². The van der Waals surface area contributed by atoms with Gasteiger partial charge in [0.2, 0.25) is 11.8 Å². The maximum Gasteiger partial charge on any atom is 0.329 e. The third-order valence-corrected chi connectivity index (χ3v) is 4.96. The molecule has 4 atom stereocenters. The Bertz CT molecular complexity index is 608. The lowest BCUT2D eigenvalue weighted by molar-refractivity contribution is -0.166. The summed E-state index contributed by atoms with van der Waals surface area (Å²) in [5.74, 6) is -3.60. The van der Waals surface area contributed by atoms with Gasteiger partial charge in [0.15, 0.2) is 6.10 Å². The molecule has 5 amide bonds. The molecule has 1 aliphatic carbocycles. The molecular formula is C17H25N3O6. The molecule has 0 aromatic carbocycles. The fraction of sp³-hybridized carbons (Fsp3) is 0.706. The van der Waals surface area contributed by atoms with E-state index in [2.05, 4.69) is 0 Å². The average molecular weight is 367 g/mol. The molecule has 0 aromatic rings. The number of likely N-dealkylation sites (tertiary alicyclic amines) is 1. The van der Waals surface area contributed by atoms with Crippen LogP contribution in [0.3, 0.4) is 0 Å². The molecule has 1 heterocycles. The van der Waals surface area contributed by atoms with Gasteiger partial charge in [-0.1, -0.05) is 26.7 Å². The van der Waals surface area contributed by atoms with E-state index >= 15 is 0 Å². The molecule has 9 heteroatoms. The molecule has 1 saturated carbocycles. The van der Waals surface area contributed by atoms with Gasteiger partial charge in [-0.2, -0.15) is 0 Å². The fourth-order valence-electron chi connectivity index (χ4n) is 3.58. The Kier molecular flexibility index (Phi) is 5.99. The van der Waals surface area contributed by atoms with Crippen LogP contribution in [0.5, 0.6) is 0 Å². The zero-order chi connectivity index (χ0) is 19.6. The number of hydrogen-bond acceptors (Lipinski definition) is 6. The van der Waals surface area contributed by atoms with Crippen molar-refractivity contribution in [1.29, 1.82) is 0 Å². The van der Waals surface area contributed by atoms with Gasteiger partial charge in [-0.05, 0) is 25.7 Å². The van der Waals surface area contributed by atoms with Crippen LogP contribution in [-0.4, -0.2) is 46.8 Å². The summed E-state index contributed by atoms with van der Waals surface area (Å²) in [6.45, 7) is 4.66. The first-order valence-corrected chi connectivity index (χ1v) is 8.82. The molecule has 2 rings (SSSR count). The number of esters is 1. The minimum absolute atomic E-state index is 0.355. The summed E-state index contributed by atoms with van der Waals surface area (Å²) in [6.07, 6.45) is 1.80. The van der Waals surface area contributed by atoms with E-state index in [9.17, 15) is 24.0 Å². The van der Waals surface area contributed by atoms with E-state index < -0.39 is 36.0 Å². The van der Waals surface area contributed by atoms with E-state index in [4.69, 9.17) is 10.5 Å². The minimum Gasteiger partial charge on any atom is -0.450 e. The number of carbonyl (C=O) groups is 5. The molecule has 2 aliphatic rings. The van der Waals surface area contributed by atoms with Gasteiger partial charge in [-0.25, -0.2) is 9.59 Å². The second kappa shape index (κ2) is 7.84. The Labute approximate surface area is 151 Å². The quantitative estimate of drug-likeness (QED) is 0.530. The van der Waals surface area contributed by atoms with Gasteiger partial charge in [0.1, 0.15) is 6.04 Å². The Morgan fingerprint density at radius 2 is 1.58 bits per heavy atom. The van der Waals surface area contributed by atoms with Crippen molar-refractivity contribution in [3.63, 3.8) is 0 Å². The summed E-state index contributed by atoms with van der Waals surface area (Å²) < 4.78 is 5.19. The molecule has 0 unspecified atom stereocenters. The van der Waals surface area contributed by atoms with Crippen LogP contribution >= 0.6 is 0 Å². The van der Waals surface area contributed by atoms with Gasteiger partial charge in [0.25, 0.3) is 5.91 Å². The molecule has 144 valence electrons. The van der Waals surface area contributed by atoms with Crippen molar-refractivity contribution in [3.05, 3.63) is 0 Å². The standard InChI is InChI=1S/C17H25N3O6/c1-8(2)12(13(21)19-17(18)25)26-16(24)9(3)20-14(22)10-6-4-5-7-11(10)15(20)23/h8-12H,4-7H2,1-3H3,(H3,18,19,21,25)/t9-,10-,11-,12+/m0/s1. The lowest BCUT2D eigenvalue weighted by Gasteiger charge is -2.25. The van der Waals surface area contributed by atoms with Crippen LogP contribution < -0.4 is 11.1 Å². The number of rotatable bonds is 5. The second-order valence-electron chi connectivity index (χ2n) is 7.17. The van der Waals surface area contributed by atoms with Crippen molar-refractivity contribution >= 4 is 29.7 Å². The summed E-state index contributed by atoms with van der Waals surface area (Å²) >= 11 is 0. The lowest BCUT2D eigenvalue weighted by Crippen LogP contribution is -2.49. The number of nitrogens with two attached hydrogens (primary N) is 1. The Hall–Kier alpha value is -2.45.